The van der Waals surface area contributed by atoms with Gasteiger partial charge < -0.3 is 0 Å². The Labute approximate surface area is 160 Å². The average Bonchev–Trinajstić information content (AvgIpc) is 3.14. The summed E-state index contributed by atoms with van der Waals surface area (Å²) in [6, 6.07) is 31.9. The van der Waals surface area contributed by atoms with Gasteiger partial charge in [-0.2, -0.15) is 0 Å². The molecule has 0 nitrogen and oxygen atoms in total. The van der Waals surface area contributed by atoms with Crippen LogP contribution in [0.3, 0.4) is 0 Å². The minimum atomic E-state index is -0.199. The molecule has 2 aliphatic carbocycles. The zero-order valence-electron chi connectivity index (χ0n) is 15.6. The lowest BCUT2D eigenvalue weighted by atomic mass is 9.70. The Balaban J connectivity index is 1.88. The molecule has 27 heavy (non-hydrogen) atoms. The maximum absolute atomic E-state index is 2.41. The molecule has 0 bridgehead atoms. The van der Waals surface area contributed by atoms with E-state index in [0.29, 0.717) is 0 Å². The molecule has 0 heterocycles. The Kier molecular flexibility index (Phi) is 2.77. The summed E-state index contributed by atoms with van der Waals surface area (Å²) in [7, 11) is 0. The van der Waals surface area contributed by atoms with Crippen LogP contribution in [0.1, 0.15) is 33.4 Å². The molecule has 0 aliphatic heterocycles. The van der Waals surface area contributed by atoms with Crippen molar-refractivity contribution in [1.82, 2.24) is 0 Å². The monoisotopic (exact) mass is 344 g/mol. The molecule has 0 radical (unpaired) electrons. The highest BCUT2D eigenvalue weighted by molar-refractivity contribution is 5.95. The fourth-order valence-electron chi connectivity index (χ4n) is 5.37. The lowest BCUT2D eigenvalue weighted by molar-refractivity contribution is 0.791. The second-order valence-corrected chi connectivity index (χ2v) is 7.94. The molecule has 0 aromatic heterocycles. The molecule has 0 unspecified atom stereocenters. The van der Waals surface area contributed by atoms with E-state index in [-0.39, 0.29) is 5.41 Å². The number of hydrogen-bond acceptors (Lipinski definition) is 0. The van der Waals surface area contributed by atoms with Crippen molar-refractivity contribution >= 4 is 0 Å². The minimum absolute atomic E-state index is 0.199. The van der Waals surface area contributed by atoms with Crippen molar-refractivity contribution in [2.24, 2.45) is 0 Å². The summed E-state index contributed by atoms with van der Waals surface area (Å²) >= 11 is 0. The van der Waals surface area contributed by atoms with Crippen molar-refractivity contribution in [3.8, 4) is 22.3 Å². The van der Waals surface area contributed by atoms with Crippen LogP contribution in [0.25, 0.3) is 22.3 Å². The van der Waals surface area contributed by atoms with E-state index in [2.05, 4.69) is 98.8 Å². The zero-order chi connectivity index (χ0) is 18.2. The van der Waals surface area contributed by atoms with Crippen LogP contribution in [0.5, 0.6) is 0 Å². The third kappa shape index (κ3) is 1.69. The Morgan fingerprint density at radius 1 is 0.444 bits per heavy atom. The van der Waals surface area contributed by atoms with Crippen LogP contribution < -0.4 is 0 Å². The maximum atomic E-state index is 2.41. The van der Waals surface area contributed by atoms with E-state index in [0.717, 1.165) is 0 Å². The molecule has 4 aromatic rings. The summed E-state index contributed by atoms with van der Waals surface area (Å²) in [5.74, 6) is 0. The van der Waals surface area contributed by atoms with Crippen molar-refractivity contribution in [2.75, 3.05) is 0 Å². The van der Waals surface area contributed by atoms with Crippen LogP contribution >= 0.6 is 0 Å². The van der Waals surface area contributed by atoms with Gasteiger partial charge in [0.2, 0.25) is 0 Å². The Morgan fingerprint density at radius 2 is 0.852 bits per heavy atom. The zero-order valence-corrected chi connectivity index (χ0v) is 15.6. The van der Waals surface area contributed by atoms with Crippen molar-refractivity contribution in [3.63, 3.8) is 0 Å². The topological polar surface area (TPSA) is 0 Å². The summed E-state index contributed by atoms with van der Waals surface area (Å²) in [5.41, 5.74) is 13.6. The van der Waals surface area contributed by atoms with Crippen LogP contribution in [0.4, 0.5) is 0 Å². The molecule has 4 aromatic carbocycles. The quantitative estimate of drug-likeness (QED) is 0.289. The summed E-state index contributed by atoms with van der Waals surface area (Å²) < 4.78 is 0. The molecule has 0 N–H and O–H groups in total. The number of aryl methyl sites for hydroxylation is 2. The van der Waals surface area contributed by atoms with Crippen LogP contribution in [0.2, 0.25) is 0 Å². The minimum Gasteiger partial charge on any atom is -0.0619 e. The van der Waals surface area contributed by atoms with Gasteiger partial charge >= 0.3 is 0 Å². The van der Waals surface area contributed by atoms with Gasteiger partial charge in [0.05, 0.1) is 5.41 Å². The Hall–Kier alpha value is -3.12. The van der Waals surface area contributed by atoms with Gasteiger partial charge in [0.15, 0.2) is 0 Å². The second-order valence-electron chi connectivity index (χ2n) is 7.94. The molecule has 0 saturated heterocycles. The highest BCUT2D eigenvalue weighted by Gasteiger charge is 2.51. The fraction of sp³-hybridized carbons (Fsp3) is 0.111. The van der Waals surface area contributed by atoms with E-state index in [1.54, 1.807) is 0 Å². The van der Waals surface area contributed by atoms with E-state index in [4.69, 9.17) is 0 Å². The van der Waals surface area contributed by atoms with Gasteiger partial charge in [-0.3, -0.25) is 0 Å². The highest BCUT2D eigenvalue weighted by atomic mass is 14.5. The molecular weight excluding hydrogens is 324 g/mol. The summed E-state index contributed by atoms with van der Waals surface area (Å²) in [4.78, 5) is 0. The van der Waals surface area contributed by atoms with E-state index in [1.807, 2.05) is 0 Å². The van der Waals surface area contributed by atoms with Gasteiger partial charge in [0, 0.05) is 0 Å². The van der Waals surface area contributed by atoms with Gasteiger partial charge in [-0.25, -0.2) is 0 Å². The van der Waals surface area contributed by atoms with Gasteiger partial charge in [0.25, 0.3) is 0 Å². The Morgan fingerprint density at radius 3 is 1.33 bits per heavy atom. The van der Waals surface area contributed by atoms with Crippen LogP contribution in [-0.4, -0.2) is 0 Å². The van der Waals surface area contributed by atoms with Gasteiger partial charge in [0.1, 0.15) is 0 Å². The molecule has 0 heteroatoms. The normalized spacial score (nSPS) is 14.6. The number of benzene rings is 4. The van der Waals surface area contributed by atoms with Crippen molar-refractivity contribution in [3.05, 3.63) is 118 Å². The standard InChI is InChI=1S/C27H20/c1-17-11-13-21-19-7-3-5-9-23(19)27(25(21)15-17)24-10-6-4-8-20(24)22-14-12-18(2)16-26(22)27/h3-16H,1-2H3. The third-order valence-corrected chi connectivity index (χ3v) is 6.40. The molecule has 2 aliphatic rings. The van der Waals surface area contributed by atoms with Crippen LogP contribution in [0, 0.1) is 13.8 Å². The lowest BCUT2D eigenvalue weighted by Gasteiger charge is -2.30. The third-order valence-electron chi connectivity index (χ3n) is 6.40. The smallest absolute Gasteiger partial charge is 0.0619 e. The molecule has 128 valence electrons. The first kappa shape index (κ1) is 15.0. The average molecular weight is 344 g/mol. The van der Waals surface area contributed by atoms with E-state index < -0.39 is 0 Å². The predicted molar refractivity (Wildman–Crippen MR) is 112 cm³/mol. The fourth-order valence-corrected chi connectivity index (χ4v) is 5.37. The van der Waals surface area contributed by atoms with Gasteiger partial charge in [-0.1, -0.05) is 96.1 Å². The second kappa shape index (κ2) is 4.98. The van der Waals surface area contributed by atoms with Crippen LogP contribution in [0.15, 0.2) is 84.9 Å². The first-order valence-corrected chi connectivity index (χ1v) is 9.63. The summed E-state index contributed by atoms with van der Waals surface area (Å²) in [6.07, 6.45) is 0. The molecule has 0 fully saturated rings. The molecule has 0 atom stereocenters. The van der Waals surface area contributed by atoms with Crippen LogP contribution in [-0.2, 0) is 5.41 Å². The molecule has 0 amide bonds. The summed E-state index contributed by atoms with van der Waals surface area (Å²) in [5, 5.41) is 0. The molecule has 6 rings (SSSR count). The van der Waals surface area contributed by atoms with E-state index in [1.165, 1.54) is 55.6 Å². The highest BCUT2D eigenvalue weighted by Crippen LogP contribution is 2.62. The summed E-state index contributed by atoms with van der Waals surface area (Å²) in [6.45, 7) is 4.41. The Bertz CT molecular complexity index is 1140. The number of rotatable bonds is 0. The van der Waals surface area contributed by atoms with Crippen molar-refractivity contribution < 1.29 is 0 Å². The van der Waals surface area contributed by atoms with Gasteiger partial charge in [-0.15, -0.1) is 0 Å². The predicted octanol–water partition coefficient (Wildman–Crippen LogP) is 6.65. The van der Waals surface area contributed by atoms with E-state index in [9.17, 15) is 0 Å². The largest absolute Gasteiger partial charge is 0.0725 e. The van der Waals surface area contributed by atoms with Crippen molar-refractivity contribution in [1.29, 1.82) is 0 Å². The van der Waals surface area contributed by atoms with E-state index >= 15 is 0 Å². The molecular formula is C27H20. The number of hydrogen-bond donors (Lipinski definition) is 0. The maximum Gasteiger partial charge on any atom is 0.0725 e. The lowest BCUT2D eigenvalue weighted by Crippen LogP contribution is -2.26. The van der Waals surface area contributed by atoms with Crippen molar-refractivity contribution in [2.45, 2.75) is 19.3 Å². The first-order valence-electron chi connectivity index (χ1n) is 9.63. The van der Waals surface area contributed by atoms with Gasteiger partial charge in [-0.05, 0) is 58.4 Å². The number of fused-ring (bicyclic) bond motifs is 10. The first-order chi connectivity index (χ1) is 13.2. The SMILES string of the molecule is Cc1ccc2c(c1)C1(c3ccccc3-2)c2ccccc2-c2ccc(C)cc21. The molecule has 0 saturated carbocycles. The molecule has 1 spiro atoms.